The van der Waals surface area contributed by atoms with Gasteiger partial charge in [-0.1, -0.05) is 17.7 Å². The molecule has 0 spiro atoms. The highest BCUT2D eigenvalue weighted by atomic mass is 35.5. The van der Waals surface area contributed by atoms with E-state index in [4.69, 9.17) is 25.9 Å². The molecule has 0 amide bonds. The number of hydrogen-bond acceptors (Lipinski definition) is 4. The molecule has 2 rings (SSSR count). The number of hydroxylamine groups is 1. The van der Waals surface area contributed by atoms with Crippen LogP contribution >= 0.6 is 11.6 Å². The normalized spacial score (nSPS) is 13.3. The summed E-state index contributed by atoms with van der Waals surface area (Å²) in [6.07, 6.45) is 0. The van der Waals surface area contributed by atoms with Crippen LogP contribution in [0.2, 0.25) is 5.02 Å². The summed E-state index contributed by atoms with van der Waals surface area (Å²) in [5.74, 6) is 1.30. The van der Waals surface area contributed by atoms with E-state index in [9.17, 15) is 0 Å². The number of fused-ring (bicyclic) bond motifs is 1. The topological polar surface area (TPSA) is 39.7 Å². The van der Waals surface area contributed by atoms with Crippen molar-refractivity contribution in [3.63, 3.8) is 0 Å². The van der Waals surface area contributed by atoms with Crippen LogP contribution in [0.15, 0.2) is 12.1 Å². The van der Waals surface area contributed by atoms with Crippen LogP contribution in [0, 0.1) is 0 Å². The molecular formula is C9H10ClNO3. The fourth-order valence-electron chi connectivity index (χ4n) is 1.27. The maximum atomic E-state index is 6.09. The zero-order valence-corrected chi connectivity index (χ0v) is 8.43. The summed E-state index contributed by atoms with van der Waals surface area (Å²) in [6.45, 7) is 0.766. The van der Waals surface area contributed by atoms with Crippen LogP contribution in [0.25, 0.3) is 0 Å². The number of benzene rings is 1. The van der Waals surface area contributed by atoms with Crippen LogP contribution in [0.3, 0.4) is 0 Å². The molecule has 4 nitrogen and oxygen atoms in total. The summed E-state index contributed by atoms with van der Waals surface area (Å²) in [5.41, 5.74) is 3.63. The summed E-state index contributed by atoms with van der Waals surface area (Å²) in [5, 5.41) is 0.574. The molecule has 0 fully saturated rings. The summed E-state index contributed by atoms with van der Waals surface area (Å²) >= 11 is 6.09. The Labute approximate surface area is 86.7 Å². The van der Waals surface area contributed by atoms with E-state index in [-0.39, 0.29) is 6.79 Å². The molecule has 0 unspecified atom stereocenters. The summed E-state index contributed by atoms with van der Waals surface area (Å²) in [6, 6.07) is 3.71. The molecule has 5 heteroatoms. The van der Waals surface area contributed by atoms with Crippen molar-refractivity contribution in [2.45, 2.75) is 6.54 Å². The SMILES string of the molecule is CONCc1ccc2c(c1Cl)OCO2. The number of hydrogen-bond donors (Lipinski definition) is 1. The second-order valence-corrected chi connectivity index (χ2v) is 3.18. The highest BCUT2D eigenvalue weighted by molar-refractivity contribution is 6.33. The van der Waals surface area contributed by atoms with Crippen molar-refractivity contribution >= 4 is 11.6 Å². The molecule has 14 heavy (non-hydrogen) atoms. The van der Waals surface area contributed by atoms with Gasteiger partial charge in [0.25, 0.3) is 0 Å². The van der Waals surface area contributed by atoms with Crippen LogP contribution < -0.4 is 15.0 Å². The van der Waals surface area contributed by atoms with Gasteiger partial charge in [-0.2, -0.15) is 5.48 Å². The maximum absolute atomic E-state index is 6.09. The van der Waals surface area contributed by atoms with Gasteiger partial charge in [-0.15, -0.1) is 0 Å². The second-order valence-electron chi connectivity index (χ2n) is 2.80. The Kier molecular flexibility index (Phi) is 2.77. The highest BCUT2D eigenvalue weighted by Gasteiger charge is 2.19. The Morgan fingerprint density at radius 3 is 3.14 bits per heavy atom. The Morgan fingerprint density at radius 1 is 1.50 bits per heavy atom. The molecule has 0 atom stereocenters. The zero-order chi connectivity index (χ0) is 9.97. The van der Waals surface area contributed by atoms with Crippen molar-refractivity contribution in [1.29, 1.82) is 0 Å². The van der Waals surface area contributed by atoms with Crippen LogP contribution in [-0.4, -0.2) is 13.9 Å². The first kappa shape index (κ1) is 9.58. The van der Waals surface area contributed by atoms with Gasteiger partial charge in [0.15, 0.2) is 11.5 Å². The van der Waals surface area contributed by atoms with Gasteiger partial charge in [0.05, 0.1) is 12.1 Å². The molecular weight excluding hydrogens is 206 g/mol. The van der Waals surface area contributed by atoms with E-state index in [0.717, 1.165) is 5.56 Å². The molecule has 1 N–H and O–H groups in total. The van der Waals surface area contributed by atoms with Crippen molar-refractivity contribution < 1.29 is 14.3 Å². The molecule has 0 aliphatic carbocycles. The lowest BCUT2D eigenvalue weighted by Crippen LogP contribution is -2.11. The van der Waals surface area contributed by atoms with Gasteiger partial charge in [-0.25, -0.2) is 0 Å². The minimum atomic E-state index is 0.232. The summed E-state index contributed by atoms with van der Waals surface area (Å²) < 4.78 is 10.4. The van der Waals surface area contributed by atoms with E-state index in [1.54, 1.807) is 7.11 Å². The van der Waals surface area contributed by atoms with Gasteiger partial charge in [0.1, 0.15) is 0 Å². The first-order chi connectivity index (χ1) is 6.83. The first-order valence-corrected chi connectivity index (χ1v) is 4.53. The van der Waals surface area contributed by atoms with E-state index < -0.39 is 0 Å². The summed E-state index contributed by atoms with van der Waals surface area (Å²) in [7, 11) is 1.56. The van der Waals surface area contributed by atoms with Crippen molar-refractivity contribution in [3.05, 3.63) is 22.7 Å². The fraction of sp³-hybridized carbons (Fsp3) is 0.333. The van der Waals surface area contributed by atoms with Gasteiger partial charge in [0.2, 0.25) is 6.79 Å². The Balaban J connectivity index is 2.26. The molecule has 1 aliphatic heterocycles. The number of ether oxygens (including phenoxy) is 2. The molecule has 1 aliphatic rings. The van der Waals surface area contributed by atoms with E-state index in [1.807, 2.05) is 12.1 Å². The fourth-order valence-corrected chi connectivity index (χ4v) is 1.54. The van der Waals surface area contributed by atoms with Gasteiger partial charge < -0.3 is 14.3 Å². The Morgan fingerprint density at radius 2 is 2.36 bits per heavy atom. The van der Waals surface area contributed by atoms with Crippen molar-refractivity contribution in [1.82, 2.24) is 5.48 Å². The molecule has 1 aromatic rings. The van der Waals surface area contributed by atoms with Crippen LogP contribution in [0.4, 0.5) is 0 Å². The monoisotopic (exact) mass is 215 g/mol. The average Bonchev–Trinajstić information content (AvgIpc) is 2.66. The lowest BCUT2D eigenvalue weighted by molar-refractivity contribution is 0.0867. The van der Waals surface area contributed by atoms with Gasteiger partial charge in [0, 0.05) is 6.54 Å². The lowest BCUT2D eigenvalue weighted by atomic mass is 10.2. The largest absolute Gasteiger partial charge is 0.454 e. The Hall–Kier alpha value is -0.970. The van der Waals surface area contributed by atoms with Crippen LogP contribution in [0.5, 0.6) is 11.5 Å². The molecule has 0 saturated heterocycles. The van der Waals surface area contributed by atoms with Crippen molar-refractivity contribution in [2.75, 3.05) is 13.9 Å². The maximum Gasteiger partial charge on any atom is 0.231 e. The Bertz CT molecular complexity index is 343. The second kappa shape index (κ2) is 4.04. The minimum Gasteiger partial charge on any atom is -0.454 e. The zero-order valence-electron chi connectivity index (χ0n) is 7.67. The third-order valence-electron chi connectivity index (χ3n) is 1.97. The summed E-state index contributed by atoms with van der Waals surface area (Å²) in [4.78, 5) is 4.74. The third kappa shape index (κ3) is 1.64. The molecule has 1 heterocycles. The van der Waals surface area contributed by atoms with Crippen molar-refractivity contribution in [3.8, 4) is 11.5 Å². The van der Waals surface area contributed by atoms with Crippen LogP contribution in [0.1, 0.15) is 5.56 Å². The number of rotatable bonds is 3. The molecule has 0 saturated carbocycles. The minimum absolute atomic E-state index is 0.232. The standard InChI is InChI=1S/C9H10ClNO3/c1-12-11-4-6-2-3-7-9(8(6)10)14-5-13-7/h2-3,11H,4-5H2,1H3. The predicted octanol–water partition coefficient (Wildman–Crippen LogP) is 1.72. The smallest absolute Gasteiger partial charge is 0.231 e. The highest BCUT2D eigenvalue weighted by Crippen LogP contribution is 2.40. The quantitative estimate of drug-likeness (QED) is 0.780. The predicted molar refractivity (Wildman–Crippen MR) is 51.4 cm³/mol. The van der Waals surface area contributed by atoms with Gasteiger partial charge >= 0.3 is 0 Å². The van der Waals surface area contributed by atoms with Gasteiger partial charge in [-0.3, -0.25) is 0 Å². The van der Waals surface area contributed by atoms with E-state index in [0.29, 0.717) is 23.1 Å². The first-order valence-electron chi connectivity index (χ1n) is 4.15. The van der Waals surface area contributed by atoms with Gasteiger partial charge in [-0.05, 0) is 11.6 Å². The molecule has 0 aromatic heterocycles. The third-order valence-corrected chi connectivity index (χ3v) is 2.38. The molecule has 0 radical (unpaired) electrons. The lowest BCUT2D eigenvalue weighted by Gasteiger charge is -2.06. The van der Waals surface area contributed by atoms with E-state index >= 15 is 0 Å². The molecule has 1 aromatic carbocycles. The van der Waals surface area contributed by atoms with E-state index in [2.05, 4.69) is 5.48 Å². The number of nitrogens with one attached hydrogen (secondary N) is 1. The van der Waals surface area contributed by atoms with Crippen molar-refractivity contribution in [2.24, 2.45) is 0 Å². The molecule has 76 valence electrons. The number of halogens is 1. The van der Waals surface area contributed by atoms with E-state index in [1.165, 1.54) is 0 Å². The average molecular weight is 216 g/mol. The van der Waals surface area contributed by atoms with Crippen LogP contribution in [-0.2, 0) is 11.4 Å². The molecule has 0 bridgehead atoms.